The molecule has 0 amide bonds. The van der Waals surface area contributed by atoms with Crippen LogP contribution in [0.15, 0.2) is 79.0 Å². The number of hydrogen-bond acceptors (Lipinski definition) is 2. The fourth-order valence-corrected chi connectivity index (χ4v) is 3.24. The van der Waals surface area contributed by atoms with Crippen LogP contribution in [-0.2, 0) is 5.60 Å². The SMILES string of the molecule is OC(c1cccc(F)c1)(c1ccc2c(cnn2-c2ccccc2)c1)C(F)(F)F. The second-order valence-electron chi connectivity index (χ2n) is 6.38. The number of aromatic nitrogens is 2. The Kier molecular flexibility index (Phi) is 4.19. The first-order chi connectivity index (χ1) is 13.3. The highest BCUT2D eigenvalue weighted by Gasteiger charge is 2.56. The number of para-hydroxylation sites is 1. The van der Waals surface area contributed by atoms with E-state index in [2.05, 4.69) is 5.10 Å². The number of benzene rings is 3. The van der Waals surface area contributed by atoms with Crippen molar-refractivity contribution in [3.63, 3.8) is 0 Å². The summed E-state index contributed by atoms with van der Waals surface area (Å²) in [5.74, 6) is -0.863. The van der Waals surface area contributed by atoms with Gasteiger partial charge in [-0.2, -0.15) is 18.3 Å². The van der Waals surface area contributed by atoms with E-state index < -0.39 is 28.7 Å². The van der Waals surface area contributed by atoms with Gasteiger partial charge in [0.25, 0.3) is 0 Å². The summed E-state index contributed by atoms with van der Waals surface area (Å²) < 4.78 is 56.8. The number of hydrogen-bond donors (Lipinski definition) is 1. The lowest BCUT2D eigenvalue weighted by Gasteiger charge is -2.31. The molecule has 4 aromatic rings. The van der Waals surface area contributed by atoms with Crippen molar-refractivity contribution < 1.29 is 22.7 Å². The van der Waals surface area contributed by atoms with Gasteiger partial charge in [-0.1, -0.05) is 36.4 Å². The lowest BCUT2D eigenvalue weighted by molar-refractivity contribution is -0.248. The third kappa shape index (κ3) is 2.84. The highest BCUT2D eigenvalue weighted by Crippen LogP contribution is 2.45. The molecule has 0 spiro atoms. The maximum atomic E-state index is 13.9. The first kappa shape index (κ1) is 18.2. The lowest BCUT2D eigenvalue weighted by atomic mass is 9.85. The van der Waals surface area contributed by atoms with Crippen LogP contribution in [0.1, 0.15) is 11.1 Å². The molecule has 0 fully saturated rings. The molecule has 0 saturated carbocycles. The van der Waals surface area contributed by atoms with Crippen molar-refractivity contribution in [3.05, 3.63) is 95.9 Å². The number of nitrogens with zero attached hydrogens (tertiary/aromatic N) is 2. The van der Waals surface area contributed by atoms with Gasteiger partial charge in [-0.3, -0.25) is 0 Å². The number of fused-ring (bicyclic) bond motifs is 1. The van der Waals surface area contributed by atoms with Crippen molar-refractivity contribution in [2.75, 3.05) is 0 Å². The molecular weight excluding hydrogens is 372 g/mol. The quantitative estimate of drug-likeness (QED) is 0.505. The second kappa shape index (κ2) is 6.45. The number of alkyl halides is 3. The molecule has 1 unspecified atom stereocenters. The van der Waals surface area contributed by atoms with Gasteiger partial charge in [0.1, 0.15) is 5.82 Å². The van der Waals surface area contributed by atoms with Crippen LogP contribution in [0.3, 0.4) is 0 Å². The van der Waals surface area contributed by atoms with Crippen LogP contribution < -0.4 is 0 Å². The minimum atomic E-state index is -5.05. The molecule has 0 aliphatic rings. The normalized spacial score (nSPS) is 14.2. The molecule has 3 nitrogen and oxygen atoms in total. The molecule has 142 valence electrons. The number of halogens is 4. The summed E-state index contributed by atoms with van der Waals surface area (Å²) in [6.07, 6.45) is -3.63. The summed E-state index contributed by atoms with van der Waals surface area (Å²) >= 11 is 0. The minimum absolute atomic E-state index is 0.411. The zero-order valence-corrected chi connectivity index (χ0v) is 14.4. The van der Waals surface area contributed by atoms with Crippen LogP contribution in [0, 0.1) is 5.82 Å². The van der Waals surface area contributed by atoms with Gasteiger partial charge in [-0.05, 0) is 42.0 Å². The van der Waals surface area contributed by atoms with Crippen molar-refractivity contribution in [2.45, 2.75) is 11.8 Å². The smallest absolute Gasteiger partial charge is 0.372 e. The van der Waals surface area contributed by atoms with E-state index in [1.165, 1.54) is 24.4 Å². The van der Waals surface area contributed by atoms with Gasteiger partial charge in [-0.15, -0.1) is 0 Å². The zero-order valence-electron chi connectivity index (χ0n) is 14.4. The van der Waals surface area contributed by atoms with Gasteiger partial charge >= 0.3 is 6.18 Å². The number of rotatable bonds is 3. The number of aliphatic hydroxyl groups is 1. The Hall–Kier alpha value is -3.19. The van der Waals surface area contributed by atoms with Gasteiger partial charge in [0.05, 0.1) is 17.4 Å². The van der Waals surface area contributed by atoms with Gasteiger partial charge in [0.15, 0.2) is 0 Å². The van der Waals surface area contributed by atoms with E-state index in [-0.39, 0.29) is 0 Å². The fourth-order valence-electron chi connectivity index (χ4n) is 3.24. The van der Waals surface area contributed by atoms with Gasteiger partial charge < -0.3 is 5.11 Å². The Balaban J connectivity index is 1.89. The van der Waals surface area contributed by atoms with Crippen LogP contribution in [0.4, 0.5) is 17.6 Å². The molecule has 0 aliphatic heterocycles. The van der Waals surface area contributed by atoms with E-state index in [9.17, 15) is 22.7 Å². The molecule has 4 rings (SSSR count). The molecule has 1 heterocycles. The highest BCUT2D eigenvalue weighted by atomic mass is 19.4. The molecule has 28 heavy (non-hydrogen) atoms. The van der Waals surface area contributed by atoms with Crippen LogP contribution in [0.2, 0.25) is 0 Å². The van der Waals surface area contributed by atoms with Gasteiger partial charge in [0, 0.05) is 10.9 Å². The summed E-state index contributed by atoms with van der Waals surface area (Å²) in [5.41, 5.74) is -3.02. The predicted octanol–water partition coefficient (Wildman–Crippen LogP) is 4.96. The third-order valence-corrected chi connectivity index (χ3v) is 4.64. The van der Waals surface area contributed by atoms with Crippen molar-refractivity contribution in [1.82, 2.24) is 9.78 Å². The second-order valence-corrected chi connectivity index (χ2v) is 6.38. The van der Waals surface area contributed by atoms with Crippen molar-refractivity contribution in [3.8, 4) is 5.69 Å². The Morgan fingerprint density at radius 3 is 2.21 bits per heavy atom. The average molecular weight is 386 g/mol. The minimum Gasteiger partial charge on any atom is -0.372 e. The van der Waals surface area contributed by atoms with Crippen molar-refractivity contribution in [2.24, 2.45) is 0 Å². The Morgan fingerprint density at radius 2 is 1.54 bits per heavy atom. The molecule has 0 saturated heterocycles. The summed E-state index contributed by atoms with van der Waals surface area (Å²) in [5, 5.41) is 15.3. The Morgan fingerprint density at radius 1 is 0.821 bits per heavy atom. The van der Waals surface area contributed by atoms with Crippen LogP contribution in [-0.4, -0.2) is 21.1 Å². The van der Waals surface area contributed by atoms with Crippen LogP contribution in [0.25, 0.3) is 16.6 Å². The summed E-state index contributed by atoms with van der Waals surface area (Å²) in [6.45, 7) is 0. The maximum Gasteiger partial charge on any atom is 0.425 e. The fraction of sp³-hybridized carbons (Fsp3) is 0.0952. The van der Waals surface area contributed by atoms with Crippen LogP contribution >= 0.6 is 0 Å². The Bertz CT molecular complexity index is 1140. The first-order valence-electron chi connectivity index (χ1n) is 8.39. The van der Waals surface area contributed by atoms with E-state index in [4.69, 9.17) is 0 Å². The topological polar surface area (TPSA) is 38.1 Å². The summed E-state index contributed by atoms with van der Waals surface area (Å²) in [7, 11) is 0. The van der Waals surface area contributed by atoms with Gasteiger partial charge in [-0.25, -0.2) is 9.07 Å². The highest BCUT2D eigenvalue weighted by molar-refractivity contribution is 5.81. The van der Waals surface area contributed by atoms with E-state index in [0.29, 0.717) is 17.0 Å². The largest absolute Gasteiger partial charge is 0.425 e. The predicted molar refractivity (Wildman–Crippen MR) is 96.5 cm³/mol. The molecule has 1 aromatic heterocycles. The Labute approximate surface area is 157 Å². The molecule has 7 heteroatoms. The maximum absolute atomic E-state index is 13.9. The third-order valence-electron chi connectivity index (χ3n) is 4.64. The molecule has 3 aromatic carbocycles. The van der Waals surface area contributed by atoms with Crippen LogP contribution in [0.5, 0.6) is 0 Å². The van der Waals surface area contributed by atoms with Crippen molar-refractivity contribution >= 4 is 10.9 Å². The molecular formula is C21H14F4N2O. The zero-order chi connectivity index (χ0) is 19.9. The molecule has 1 atom stereocenters. The average Bonchev–Trinajstić information content (AvgIpc) is 3.10. The summed E-state index contributed by atoms with van der Waals surface area (Å²) in [6, 6.07) is 16.9. The molecule has 0 bridgehead atoms. The van der Waals surface area contributed by atoms with Gasteiger partial charge in [0.2, 0.25) is 5.60 Å². The van der Waals surface area contributed by atoms with E-state index in [1.54, 1.807) is 4.68 Å². The first-order valence-corrected chi connectivity index (χ1v) is 8.39. The monoisotopic (exact) mass is 386 g/mol. The molecule has 0 radical (unpaired) electrons. The van der Waals surface area contributed by atoms with Crippen molar-refractivity contribution in [1.29, 1.82) is 0 Å². The van der Waals surface area contributed by atoms with E-state index >= 15 is 0 Å². The molecule has 0 aliphatic carbocycles. The molecule has 1 N–H and O–H groups in total. The lowest BCUT2D eigenvalue weighted by Crippen LogP contribution is -2.43. The van der Waals surface area contributed by atoms with E-state index in [1.807, 2.05) is 30.3 Å². The van der Waals surface area contributed by atoms with E-state index in [0.717, 1.165) is 23.9 Å². The standard InChI is InChI=1S/C21H14F4N2O/c22-17-6-4-5-15(12-17)20(28,21(23,24)25)16-9-10-19-14(11-16)13-26-27(19)18-7-2-1-3-8-18/h1-13,28H. The summed E-state index contributed by atoms with van der Waals surface area (Å²) in [4.78, 5) is 0.